The number of aromatic nitrogens is 3. The van der Waals surface area contributed by atoms with Crippen LogP contribution in [0.2, 0.25) is 0 Å². The largest absolute Gasteiger partial charge is 0.372 e. The number of amides is 2. The van der Waals surface area contributed by atoms with Crippen LogP contribution in [0.3, 0.4) is 0 Å². The van der Waals surface area contributed by atoms with E-state index in [0.717, 1.165) is 18.8 Å². The van der Waals surface area contributed by atoms with Crippen LogP contribution in [0, 0.1) is 0 Å². The molecule has 1 aromatic heterocycles. The highest BCUT2D eigenvalue weighted by molar-refractivity contribution is 6.42. The predicted octanol–water partition coefficient (Wildman–Crippen LogP) is 0.833. The van der Waals surface area contributed by atoms with Gasteiger partial charge in [0.05, 0.1) is 0 Å². The normalized spacial score (nSPS) is 10.1. The Labute approximate surface area is 128 Å². The monoisotopic (exact) mass is 302 g/mol. The van der Waals surface area contributed by atoms with Gasteiger partial charge in [-0.3, -0.25) is 15.0 Å². The Bertz CT molecular complexity index is 619. The number of benzene rings is 1. The lowest BCUT2D eigenvalue weighted by atomic mass is 10.2. The molecule has 0 aliphatic carbocycles. The van der Waals surface area contributed by atoms with Gasteiger partial charge in [0.15, 0.2) is 0 Å². The molecule has 0 spiro atoms. The summed E-state index contributed by atoms with van der Waals surface area (Å²) in [4.78, 5) is 25.6. The molecule has 0 aliphatic heterocycles. The summed E-state index contributed by atoms with van der Waals surface area (Å²) in [5.41, 5.74) is 3.94. The van der Waals surface area contributed by atoms with E-state index in [4.69, 9.17) is 0 Å². The minimum atomic E-state index is -0.799. The second-order valence-corrected chi connectivity index (χ2v) is 4.48. The van der Waals surface area contributed by atoms with Gasteiger partial charge in [-0.1, -0.05) is 0 Å². The number of nitrogens with one attached hydrogen (secondary N) is 2. The van der Waals surface area contributed by atoms with Gasteiger partial charge in [0.1, 0.15) is 12.7 Å². The molecule has 1 heterocycles. The number of carbonyl (C=O) groups excluding carboxylic acids is 2. The van der Waals surface area contributed by atoms with Crippen molar-refractivity contribution in [1.82, 2.24) is 14.9 Å². The van der Waals surface area contributed by atoms with Crippen molar-refractivity contribution in [2.24, 2.45) is 0 Å². The molecule has 0 saturated heterocycles. The summed E-state index contributed by atoms with van der Waals surface area (Å²) in [6.07, 6.45) is 2.56. The maximum Gasteiger partial charge on any atom is 0.328 e. The van der Waals surface area contributed by atoms with Crippen molar-refractivity contribution in [3.05, 3.63) is 36.9 Å². The Balaban J connectivity index is 1.95. The molecule has 2 amide bonds. The SMILES string of the molecule is CCN(CC)c1ccc(NC(=O)C(=O)Nn2cnnc2)cc1. The number of anilines is 2. The zero-order valence-corrected chi connectivity index (χ0v) is 12.5. The zero-order chi connectivity index (χ0) is 15.9. The van der Waals surface area contributed by atoms with Crippen LogP contribution in [0.1, 0.15) is 13.8 Å². The summed E-state index contributed by atoms with van der Waals surface area (Å²) in [5, 5.41) is 9.58. The minimum absolute atomic E-state index is 0.555. The zero-order valence-electron chi connectivity index (χ0n) is 12.5. The lowest BCUT2D eigenvalue weighted by Crippen LogP contribution is -2.33. The molecule has 2 rings (SSSR count). The minimum Gasteiger partial charge on any atom is -0.372 e. The van der Waals surface area contributed by atoms with Crippen molar-refractivity contribution in [2.45, 2.75) is 13.8 Å². The summed E-state index contributed by atoms with van der Waals surface area (Å²) >= 11 is 0. The van der Waals surface area contributed by atoms with Crippen molar-refractivity contribution in [3.8, 4) is 0 Å². The topological polar surface area (TPSA) is 92.2 Å². The molecule has 116 valence electrons. The predicted molar refractivity (Wildman–Crippen MR) is 83.0 cm³/mol. The molecule has 0 unspecified atom stereocenters. The maximum atomic E-state index is 11.8. The van der Waals surface area contributed by atoms with E-state index in [1.165, 1.54) is 17.3 Å². The first kappa shape index (κ1) is 15.5. The first-order valence-electron chi connectivity index (χ1n) is 6.96. The van der Waals surface area contributed by atoms with Crippen LogP contribution in [0.15, 0.2) is 36.9 Å². The van der Waals surface area contributed by atoms with Crippen molar-refractivity contribution in [1.29, 1.82) is 0 Å². The fraction of sp³-hybridized carbons (Fsp3) is 0.286. The smallest absolute Gasteiger partial charge is 0.328 e. The summed E-state index contributed by atoms with van der Waals surface area (Å²) in [6.45, 7) is 5.97. The van der Waals surface area contributed by atoms with E-state index in [-0.39, 0.29) is 0 Å². The Morgan fingerprint density at radius 3 is 2.18 bits per heavy atom. The second-order valence-electron chi connectivity index (χ2n) is 4.48. The number of hydrogen-bond donors (Lipinski definition) is 2. The molecule has 0 radical (unpaired) electrons. The van der Waals surface area contributed by atoms with Crippen molar-refractivity contribution in [3.63, 3.8) is 0 Å². The molecule has 0 aliphatic rings. The lowest BCUT2D eigenvalue weighted by Gasteiger charge is -2.21. The van der Waals surface area contributed by atoms with E-state index in [2.05, 4.69) is 39.7 Å². The van der Waals surface area contributed by atoms with Crippen LogP contribution < -0.4 is 15.6 Å². The average molecular weight is 302 g/mol. The van der Waals surface area contributed by atoms with Gasteiger partial charge in [-0.25, -0.2) is 4.68 Å². The molecule has 0 bridgehead atoms. The summed E-state index contributed by atoms with van der Waals surface area (Å²) < 4.78 is 1.20. The fourth-order valence-corrected chi connectivity index (χ4v) is 1.96. The summed E-state index contributed by atoms with van der Waals surface area (Å²) in [6, 6.07) is 7.33. The van der Waals surface area contributed by atoms with Gasteiger partial charge in [0, 0.05) is 24.5 Å². The van der Waals surface area contributed by atoms with Gasteiger partial charge in [-0.15, -0.1) is 10.2 Å². The van der Waals surface area contributed by atoms with Crippen molar-refractivity contribution >= 4 is 23.2 Å². The molecule has 0 saturated carbocycles. The van der Waals surface area contributed by atoms with E-state index in [9.17, 15) is 9.59 Å². The van der Waals surface area contributed by atoms with Gasteiger partial charge < -0.3 is 10.2 Å². The number of hydrogen-bond acceptors (Lipinski definition) is 5. The highest BCUT2D eigenvalue weighted by Crippen LogP contribution is 2.17. The van der Waals surface area contributed by atoms with Crippen LogP contribution in [0.25, 0.3) is 0 Å². The van der Waals surface area contributed by atoms with E-state index in [0.29, 0.717) is 5.69 Å². The van der Waals surface area contributed by atoms with Gasteiger partial charge in [-0.2, -0.15) is 0 Å². The highest BCUT2D eigenvalue weighted by Gasteiger charge is 2.14. The first-order chi connectivity index (χ1) is 10.6. The second kappa shape index (κ2) is 7.21. The Morgan fingerprint density at radius 1 is 1.05 bits per heavy atom. The molecule has 2 N–H and O–H groups in total. The number of rotatable bonds is 5. The summed E-state index contributed by atoms with van der Waals surface area (Å²) in [7, 11) is 0. The Hall–Kier alpha value is -2.90. The van der Waals surface area contributed by atoms with Crippen molar-refractivity contribution < 1.29 is 9.59 Å². The van der Waals surface area contributed by atoms with Crippen molar-refractivity contribution in [2.75, 3.05) is 28.7 Å². The van der Waals surface area contributed by atoms with Crippen LogP contribution in [0.5, 0.6) is 0 Å². The fourth-order valence-electron chi connectivity index (χ4n) is 1.96. The van der Waals surface area contributed by atoms with Gasteiger partial charge >= 0.3 is 11.8 Å². The molecule has 8 heteroatoms. The molecule has 2 aromatic rings. The Kier molecular flexibility index (Phi) is 5.07. The third-order valence-electron chi connectivity index (χ3n) is 3.11. The molecular weight excluding hydrogens is 284 g/mol. The summed E-state index contributed by atoms with van der Waals surface area (Å²) in [5.74, 6) is -1.56. The van der Waals surface area contributed by atoms with Crippen LogP contribution in [-0.4, -0.2) is 39.8 Å². The molecule has 22 heavy (non-hydrogen) atoms. The standard InChI is InChI=1S/C14H18N6O2/c1-3-19(4-2)12-7-5-11(6-8-12)17-13(21)14(22)18-20-9-15-16-10-20/h5-10H,3-4H2,1-2H3,(H,17,21)(H,18,22). The lowest BCUT2D eigenvalue weighted by molar-refractivity contribution is -0.133. The first-order valence-corrected chi connectivity index (χ1v) is 6.96. The van der Waals surface area contributed by atoms with Crippen LogP contribution in [-0.2, 0) is 9.59 Å². The van der Waals surface area contributed by atoms with E-state index >= 15 is 0 Å². The van der Waals surface area contributed by atoms with Gasteiger partial charge in [0.2, 0.25) is 0 Å². The molecule has 0 atom stereocenters. The van der Waals surface area contributed by atoms with Crippen LogP contribution in [0.4, 0.5) is 11.4 Å². The van der Waals surface area contributed by atoms with E-state index in [1.54, 1.807) is 12.1 Å². The maximum absolute atomic E-state index is 11.8. The van der Waals surface area contributed by atoms with Crippen LogP contribution >= 0.6 is 0 Å². The molecule has 1 aromatic carbocycles. The van der Waals surface area contributed by atoms with E-state index in [1.807, 2.05) is 12.1 Å². The average Bonchev–Trinajstić information content (AvgIpc) is 3.03. The Morgan fingerprint density at radius 2 is 1.64 bits per heavy atom. The number of nitrogens with zero attached hydrogens (tertiary/aromatic N) is 4. The van der Waals surface area contributed by atoms with Gasteiger partial charge in [0.25, 0.3) is 0 Å². The molecule has 8 nitrogen and oxygen atoms in total. The third-order valence-corrected chi connectivity index (χ3v) is 3.11. The molecular formula is C14H18N6O2. The van der Waals surface area contributed by atoms with E-state index < -0.39 is 11.8 Å². The number of carbonyl (C=O) groups is 2. The van der Waals surface area contributed by atoms with Gasteiger partial charge in [-0.05, 0) is 38.1 Å². The quantitative estimate of drug-likeness (QED) is 0.798. The molecule has 0 fully saturated rings. The highest BCUT2D eigenvalue weighted by atomic mass is 16.2. The third kappa shape index (κ3) is 3.81.